The van der Waals surface area contributed by atoms with Gasteiger partial charge in [0.25, 0.3) is 0 Å². The second-order valence-corrected chi connectivity index (χ2v) is 4.28. The fourth-order valence-corrected chi connectivity index (χ4v) is 1.67. The summed E-state index contributed by atoms with van der Waals surface area (Å²) in [4.78, 5) is 11.7. The third-order valence-corrected chi connectivity index (χ3v) is 2.50. The second-order valence-electron chi connectivity index (χ2n) is 4.28. The number of carbonyl (C=O) groups is 1. The predicted molar refractivity (Wildman–Crippen MR) is 81.8 cm³/mol. The number of benzene rings is 1. The Kier molecular flexibility index (Phi) is 6.96. The molecule has 0 saturated carbocycles. The van der Waals surface area contributed by atoms with Gasteiger partial charge in [0.2, 0.25) is 0 Å². The first-order chi connectivity index (χ1) is 10.1. The summed E-state index contributed by atoms with van der Waals surface area (Å²) in [6, 6.07) is 5.16. The van der Waals surface area contributed by atoms with Gasteiger partial charge in [0, 0.05) is 18.2 Å². The minimum absolute atomic E-state index is 0.330. The Hall–Kier alpha value is -2.35. The molecule has 0 aromatic heterocycles. The predicted octanol–water partition coefficient (Wildman–Crippen LogP) is 3.44. The average molecular weight is 291 g/mol. The van der Waals surface area contributed by atoms with Crippen LogP contribution in [0.1, 0.15) is 27.2 Å². The van der Waals surface area contributed by atoms with Crippen molar-refractivity contribution >= 4 is 11.8 Å². The quantitative estimate of drug-likeness (QED) is 0.782. The van der Waals surface area contributed by atoms with Crippen LogP contribution in [-0.2, 0) is 4.74 Å². The minimum Gasteiger partial charge on any atom is -0.490 e. The molecular weight excluding hydrogens is 270 g/mol. The number of rotatable bonds is 7. The van der Waals surface area contributed by atoms with Crippen LogP contribution in [0.5, 0.6) is 11.5 Å². The molecular formula is C16H21NO4. The molecule has 5 heteroatoms. The molecule has 5 nitrogen and oxygen atoms in total. The molecule has 0 saturated heterocycles. The van der Waals surface area contributed by atoms with Crippen molar-refractivity contribution in [3.63, 3.8) is 0 Å². The van der Waals surface area contributed by atoms with E-state index in [0.717, 1.165) is 0 Å². The van der Waals surface area contributed by atoms with Crippen LogP contribution in [0, 0.1) is 12.3 Å². The molecule has 0 aliphatic heterocycles. The van der Waals surface area contributed by atoms with E-state index in [9.17, 15) is 4.79 Å². The molecule has 0 bridgehead atoms. The maximum absolute atomic E-state index is 11.7. The summed E-state index contributed by atoms with van der Waals surface area (Å²) in [5.41, 5.74) is 0.569. The van der Waals surface area contributed by atoms with Crippen LogP contribution in [0.3, 0.4) is 0 Å². The zero-order valence-electron chi connectivity index (χ0n) is 12.6. The molecule has 1 rings (SSSR count). The highest BCUT2D eigenvalue weighted by Gasteiger charge is 2.11. The van der Waals surface area contributed by atoms with E-state index < -0.39 is 6.09 Å². The van der Waals surface area contributed by atoms with Crippen LogP contribution >= 0.6 is 0 Å². The maximum atomic E-state index is 11.7. The van der Waals surface area contributed by atoms with Crippen LogP contribution in [0.2, 0.25) is 0 Å². The molecule has 114 valence electrons. The Labute approximate surface area is 125 Å². The lowest BCUT2D eigenvalue weighted by Crippen LogP contribution is -2.19. The molecule has 1 amide bonds. The summed E-state index contributed by atoms with van der Waals surface area (Å²) < 4.78 is 16.1. The summed E-state index contributed by atoms with van der Waals surface area (Å²) >= 11 is 0. The number of carbonyl (C=O) groups excluding carboxylic acids is 1. The Bertz CT molecular complexity index is 507. The van der Waals surface area contributed by atoms with Crippen molar-refractivity contribution in [1.29, 1.82) is 0 Å². The van der Waals surface area contributed by atoms with E-state index in [0.29, 0.717) is 36.8 Å². The molecule has 1 aromatic rings. The SMILES string of the molecule is C#CCC(C)OC(=O)Nc1ccc(OCC)c(OCC)c1. The molecule has 21 heavy (non-hydrogen) atoms. The van der Waals surface area contributed by atoms with Gasteiger partial charge in [0.15, 0.2) is 11.5 Å². The molecule has 1 atom stereocenters. The van der Waals surface area contributed by atoms with E-state index in [-0.39, 0.29) is 6.10 Å². The standard InChI is InChI=1S/C16H21NO4/c1-5-8-12(4)21-16(18)17-13-9-10-14(19-6-2)15(11-13)20-7-3/h1,9-12H,6-8H2,2-4H3,(H,17,18). The van der Waals surface area contributed by atoms with Crippen LogP contribution in [-0.4, -0.2) is 25.4 Å². The minimum atomic E-state index is -0.552. The first-order valence-electron chi connectivity index (χ1n) is 6.91. The molecule has 0 heterocycles. The lowest BCUT2D eigenvalue weighted by molar-refractivity contribution is 0.123. The highest BCUT2D eigenvalue weighted by atomic mass is 16.6. The van der Waals surface area contributed by atoms with Gasteiger partial charge in [-0.15, -0.1) is 12.3 Å². The number of anilines is 1. The highest BCUT2D eigenvalue weighted by molar-refractivity contribution is 5.85. The number of amides is 1. The van der Waals surface area contributed by atoms with Gasteiger partial charge in [-0.25, -0.2) is 4.79 Å². The fourth-order valence-electron chi connectivity index (χ4n) is 1.67. The van der Waals surface area contributed by atoms with Gasteiger partial charge in [0.1, 0.15) is 6.10 Å². The zero-order chi connectivity index (χ0) is 15.7. The van der Waals surface area contributed by atoms with E-state index >= 15 is 0 Å². The van der Waals surface area contributed by atoms with Crippen molar-refractivity contribution in [2.75, 3.05) is 18.5 Å². The molecule has 0 aliphatic carbocycles. The van der Waals surface area contributed by atoms with Gasteiger partial charge >= 0.3 is 6.09 Å². The van der Waals surface area contributed by atoms with Gasteiger partial charge in [-0.2, -0.15) is 0 Å². The Morgan fingerprint density at radius 2 is 1.95 bits per heavy atom. The summed E-state index contributed by atoms with van der Waals surface area (Å²) in [5, 5.41) is 2.63. The normalized spacial score (nSPS) is 11.1. The van der Waals surface area contributed by atoms with E-state index in [4.69, 9.17) is 20.6 Å². The van der Waals surface area contributed by atoms with Gasteiger partial charge in [0.05, 0.1) is 13.2 Å². The van der Waals surface area contributed by atoms with Crippen molar-refractivity contribution in [3.8, 4) is 23.8 Å². The van der Waals surface area contributed by atoms with Gasteiger partial charge in [-0.05, 0) is 32.9 Å². The van der Waals surface area contributed by atoms with Gasteiger partial charge in [-0.1, -0.05) is 0 Å². The topological polar surface area (TPSA) is 56.8 Å². The maximum Gasteiger partial charge on any atom is 0.411 e. The molecule has 1 unspecified atom stereocenters. The third-order valence-electron chi connectivity index (χ3n) is 2.50. The van der Waals surface area contributed by atoms with E-state index in [1.807, 2.05) is 13.8 Å². The molecule has 0 spiro atoms. The smallest absolute Gasteiger partial charge is 0.411 e. The van der Waals surface area contributed by atoms with Crippen molar-refractivity contribution in [2.45, 2.75) is 33.3 Å². The van der Waals surface area contributed by atoms with E-state index in [1.54, 1.807) is 25.1 Å². The number of nitrogens with one attached hydrogen (secondary N) is 1. The lowest BCUT2D eigenvalue weighted by atomic mass is 10.2. The van der Waals surface area contributed by atoms with Crippen molar-refractivity contribution in [3.05, 3.63) is 18.2 Å². The first kappa shape index (κ1) is 16.7. The average Bonchev–Trinajstić information content (AvgIpc) is 2.42. The van der Waals surface area contributed by atoms with Crippen molar-refractivity contribution in [1.82, 2.24) is 0 Å². The Morgan fingerprint density at radius 3 is 2.57 bits per heavy atom. The summed E-state index contributed by atoms with van der Waals surface area (Å²) in [6.07, 6.45) is 4.66. The monoisotopic (exact) mass is 291 g/mol. The lowest BCUT2D eigenvalue weighted by Gasteiger charge is -2.14. The van der Waals surface area contributed by atoms with E-state index in [2.05, 4.69) is 11.2 Å². The zero-order valence-corrected chi connectivity index (χ0v) is 12.6. The van der Waals surface area contributed by atoms with E-state index in [1.165, 1.54) is 0 Å². The summed E-state index contributed by atoms with van der Waals surface area (Å²) in [5.74, 6) is 3.66. The van der Waals surface area contributed by atoms with Crippen molar-refractivity contribution < 1.29 is 19.0 Å². The summed E-state index contributed by atoms with van der Waals surface area (Å²) in [7, 11) is 0. The van der Waals surface area contributed by atoms with Gasteiger partial charge < -0.3 is 14.2 Å². The molecule has 0 radical (unpaired) electrons. The molecule has 1 N–H and O–H groups in total. The number of ether oxygens (including phenoxy) is 3. The molecule has 0 aliphatic rings. The van der Waals surface area contributed by atoms with Crippen molar-refractivity contribution in [2.24, 2.45) is 0 Å². The molecule has 1 aromatic carbocycles. The fraction of sp³-hybridized carbons (Fsp3) is 0.438. The van der Waals surface area contributed by atoms with Crippen LogP contribution in [0.4, 0.5) is 10.5 Å². The van der Waals surface area contributed by atoms with Gasteiger partial charge in [-0.3, -0.25) is 5.32 Å². The number of hydrogen-bond donors (Lipinski definition) is 1. The number of hydrogen-bond acceptors (Lipinski definition) is 4. The van der Waals surface area contributed by atoms with Crippen LogP contribution in [0.25, 0.3) is 0 Å². The summed E-state index contributed by atoms with van der Waals surface area (Å²) in [6.45, 7) is 6.56. The Morgan fingerprint density at radius 1 is 1.29 bits per heavy atom. The molecule has 0 fully saturated rings. The Balaban J connectivity index is 2.73. The third kappa shape index (κ3) is 5.65. The second kappa shape index (κ2) is 8.75. The number of terminal acetylenes is 1. The first-order valence-corrected chi connectivity index (χ1v) is 6.91. The van der Waals surface area contributed by atoms with Crippen LogP contribution < -0.4 is 14.8 Å². The van der Waals surface area contributed by atoms with Crippen LogP contribution in [0.15, 0.2) is 18.2 Å². The highest BCUT2D eigenvalue weighted by Crippen LogP contribution is 2.30. The largest absolute Gasteiger partial charge is 0.490 e.